The average Bonchev–Trinajstić information content (AvgIpc) is 2.78. The van der Waals surface area contributed by atoms with Gasteiger partial charge in [0.25, 0.3) is 0 Å². The molecule has 0 radical (unpaired) electrons. The summed E-state index contributed by atoms with van der Waals surface area (Å²) in [6.07, 6.45) is 2.90. The highest BCUT2D eigenvalue weighted by molar-refractivity contribution is 5.76. The van der Waals surface area contributed by atoms with E-state index < -0.39 is 0 Å². The minimum Gasteiger partial charge on any atom is -0.468 e. The van der Waals surface area contributed by atoms with E-state index in [1.165, 1.54) is 12.7 Å². The molecule has 1 fully saturated rings. The minimum absolute atomic E-state index is 0.112. The Hall–Kier alpha value is -1.35. The van der Waals surface area contributed by atoms with Crippen LogP contribution in [0.15, 0.2) is 30.3 Å². The summed E-state index contributed by atoms with van der Waals surface area (Å²) in [5, 5.41) is 3.32. The van der Waals surface area contributed by atoms with Crippen LogP contribution in [0, 0.1) is 0 Å². The Kier molecular flexibility index (Phi) is 3.57. The third kappa shape index (κ3) is 2.61. The highest BCUT2D eigenvalue weighted by atomic mass is 16.5. The zero-order valence-electron chi connectivity index (χ0n) is 9.48. The Morgan fingerprint density at radius 1 is 1.38 bits per heavy atom. The van der Waals surface area contributed by atoms with Gasteiger partial charge < -0.3 is 10.1 Å². The fourth-order valence-electron chi connectivity index (χ4n) is 2.21. The first-order chi connectivity index (χ1) is 7.79. The van der Waals surface area contributed by atoms with Crippen LogP contribution in [0.3, 0.4) is 0 Å². The van der Waals surface area contributed by atoms with Gasteiger partial charge in [0.05, 0.1) is 7.11 Å². The van der Waals surface area contributed by atoms with Gasteiger partial charge in [0, 0.05) is 6.04 Å². The summed E-state index contributed by atoms with van der Waals surface area (Å²) in [6, 6.07) is 10.6. The van der Waals surface area contributed by atoms with Gasteiger partial charge in [-0.05, 0) is 24.8 Å². The maximum absolute atomic E-state index is 11.3. The Labute approximate surface area is 95.8 Å². The number of methoxy groups -OCH3 is 1. The number of carbonyl (C=O) groups excluding carboxylic acids is 1. The average molecular weight is 219 g/mol. The van der Waals surface area contributed by atoms with Gasteiger partial charge in [0.2, 0.25) is 0 Å². The highest BCUT2D eigenvalue weighted by Crippen LogP contribution is 2.17. The van der Waals surface area contributed by atoms with Gasteiger partial charge in [0.15, 0.2) is 0 Å². The van der Waals surface area contributed by atoms with Crippen molar-refractivity contribution in [3.63, 3.8) is 0 Å². The van der Waals surface area contributed by atoms with E-state index in [1.54, 1.807) is 0 Å². The Morgan fingerprint density at radius 2 is 2.12 bits per heavy atom. The van der Waals surface area contributed by atoms with Gasteiger partial charge in [-0.25, -0.2) is 0 Å². The summed E-state index contributed by atoms with van der Waals surface area (Å²) < 4.78 is 4.73. The number of hydrogen-bond donors (Lipinski definition) is 1. The largest absolute Gasteiger partial charge is 0.468 e. The maximum Gasteiger partial charge on any atom is 0.322 e. The number of benzene rings is 1. The molecule has 0 bridgehead atoms. The van der Waals surface area contributed by atoms with E-state index in [4.69, 9.17) is 4.74 Å². The summed E-state index contributed by atoms with van der Waals surface area (Å²) in [5.41, 5.74) is 1.31. The van der Waals surface area contributed by atoms with Gasteiger partial charge in [-0.2, -0.15) is 0 Å². The third-order valence-corrected chi connectivity index (χ3v) is 3.05. The number of ether oxygens (including phenoxy) is 1. The lowest BCUT2D eigenvalue weighted by Gasteiger charge is -2.12. The summed E-state index contributed by atoms with van der Waals surface area (Å²) in [6.45, 7) is 0. The zero-order valence-corrected chi connectivity index (χ0v) is 9.48. The summed E-state index contributed by atoms with van der Waals surface area (Å²) >= 11 is 0. The van der Waals surface area contributed by atoms with E-state index >= 15 is 0 Å². The SMILES string of the molecule is COC(=O)[C@@H]1CC[C@H](Cc2ccccc2)N1. The molecule has 3 nitrogen and oxygen atoms in total. The van der Waals surface area contributed by atoms with Crippen molar-refractivity contribution < 1.29 is 9.53 Å². The molecule has 3 heteroatoms. The molecule has 1 N–H and O–H groups in total. The molecule has 1 aliphatic heterocycles. The first-order valence-corrected chi connectivity index (χ1v) is 5.67. The molecule has 16 heavy (non-hydrogen) atoms. The summed E-state index contributed by atoms with van der Waals surface area (Å²) in [4.78, 5) is 11.3. The first kappa shape index (κ1) is 11.1. The number of hydrogen-bond acceptors (Lipinski definition) is 3. The molecular formula is C13H17NO2. The second-order valence-corrected chi connectivity index (χ2v) is 4.21. The second kappa shape index (κ2) is 5.12. The van der Waals surface area contributed by atoms with Crippen molar-refractivity contribution in [2.75, 3.05) is 7.11 Å². The molecule has 0 aromatic heterocycles. The van der Waals surface area contributed by atoms with E-state index in [0.717, 1.165) is 19.3 Å². The van der Waals surface area contributed by atoms with Crippen molar-refractivity contribution in [3.05, 3.63) is 35.9 Å². The van der Waals surface area contributed by atoms with Crippen LogP contribution >= 0.6 is 0 Å². The molecule has 1 saturated heterocycles. The lowest BCUT2D eigenvalue weighted by molar-refractivity contribution is -0.142. The van der Waals surface area contributed by atoms with Crippen LogP contribution in [-0.2, 0) is 16.0 Å². The van der Waals surface area contributed by atoms with Crippen molar-refractivity contribution >= 4 is 5.97 Å². The molecule has 1 heterocycles. The molecule has 2 rings (SSSR count). The number of rotatable bonds is 3. The van der Waals surface area contributed by atoms with Crippen LogP contribution in [0.25, 0.3) is 0 Å². The van der Waals surface area contributed by atoms with Gasteiger partial charge >= 0.3 is 5.97 Å². The van der Waals surface area contributed by atoms with Gasteiger partial charge in [-0.15, -0.1) is 0 Å². The van der Waals surface area contributed by atoms with Crippen molar-refractivity contribution in [2.45, 2.75) is 31.3 Å². The molecule has 1 aromatic carbocycles. The Balaban J connectivity index is 1.88. The Bertz CT molecular complexity index is 350. The quantitative estimate of drug-likeness (QED) is 0.783. The van der Waals surface area contributed by atoms with E-state index in [0.29, 0.717) is 6.04 Å². The topological polar surface area (TPSA) is 38.3 Å². The number of esters is 1. The Morgan fingerprint density at radius 3 is 2.81 bits per heavy atom. The van der Waals surface area contributed by atoms with Crippen LogP contribution < -0.4 is 5.32 Å². The normalized spacial score (nSPS) is 24.3. The molecule has 0 aliphatic carbocycles. The second-order valence-electron chi connectivity index (χ2n) is 4.21. The zero-order chi connectivity index (χ0) is 11.4. The number of nitrogens with one attached hydrogen (secondary N) is 1. The van der Waals surface area contributed by atoms with E-state index in [9.17, 15) is 4.79 Å². The van der Waals surface area contributed by atoms with Crippen LogP contribution in [0.5, 0.6) is 0 Å². The monoisotopic (exact) mass is 219 g/mol. The maximum atomic E-state index is 11.3. The molecular weight excluding hydrogens is 202 g/mol. The predicted molar refractivity (Wildman–Crippen MR) is 62.1 cm³/mol. The smallest absolute Gasteiger partial charge is 0.322 e. The van der Waals surface area contributed by atoms with Crippen LogP contribution in [-0.4, -0.2) is 25.2 Å². The first-order valence-electron chi connectivity index (χ1n) is 5.67. The molecule has 0 spiro atoms. The fourth-order valence-corrected chi connectivity index (χ4v) is 2.21. The van der Waals surface area contributed by atoms with Crippen molar-refractivity contribution in [1.29, 1.82) is 0 Å². The van der Waals surface area contributed by atoms with Gasteiger partial charge in [-0.3, -0.25) is 4.79 Å². The molecule has 1 aromatic rings. The third-order valence-electron chi connectivity index (χ3n) is 3.05. The molecule has 0 unspecified atom stereocenters. The van der Waals surface area contributed by atoms with Gasteiger partial charge in [0.1, 0.15) is 6.04 Å². The molecule has 0 amide bonds. The van der Waals surface area contributed by atoms with Crippen LogP contribution in [0.2, 0.25) is 0 Å². The highest BCUT2D eigenvalue weighted by Gasteiger charge is 2.29. The van der Waals surface area contributed by atoms with Crippen molar-refractivity contribution in [3.8, 4) is 0 Å². The molecule has 1 aliphatic rings. The van der Waals surface area contributed by atoms with Crippen molar-refractivity contribution in [2.24, 2.45) is 0 Å². The minimum atomic E-state index is -0.143. The van der Waals surface area contributed by atoms with E-state index in [-0.39, 0.29) is 12.0 Å². The van der Waals surface area contributed by atoms with Crippen LogP contribution in [0.4, 0.5) is 0 Å². The fraction of sp³-hybridized carbons (Fsp3) is 0.462. The lowest BCUT2D eigenvalue weighted by Crippen LogP contribution is -2.37. The van der Waals surface area contributed by atoms with Crippen LogP contribution in [0.1, 0.15) is 18.4 Å². The molecule has 0 saturated carbocycles. The molecule has 2 atom stereocenters. The standard InChI is InChI=1S/C13H17NO2/c1-16-13(15)12-8-7-11(14-12)9-10-5-3-2-4-6-10/h2-6,11-12,14H,7-9H2,1H3/t11-,12+/m1/s1. The van der Waals surface area contributed by atoms with Crippen molar-refractivity contribution in [1.82, 2.24) is 5.32 Å². The molecule has 86 valence electrons. The van der Waals surface area contributed by atoms with Gasteiger partial charge in [-0.1, -0.05) is 30.3 Å². The predicted octanol–water partition coefficient (Wildman–Crippen LogP) is 1.52. The summed E-state index contributed by atoms with van der Waals surface area (Å²) in [5.74, 6) is -0.143. The number of carbonyl (C=O) groups is 1. The summed E-state index contributed by atoms with van der Waals surface area (Å²) in [7, 11) is 1.44. The van der Waals surface area contributed by atoms with E-state index in [2.05, 4.69) is 17.4 Å². The van der Waals surface area contributed by atoms with E-state index in [1.807, 2.05) is 18.2 Å². The lowest BCUT2D eigenvalue weighted by atomic mass is 10.0.